The van der Waals surface area contributed by atoms with E-state index >= 15 is 0 Å². The van der Waals surface area contributed by atoms with Crippen LogP contribution in [-0.4, -0.2) is 39.9 Å². The molecule has 0 spiro atoms. The Balaban J connectivity index is 1.32. The summed E-state index contributed by atoms with van der Waals surface area (Å²) in [7, 11) is 0. The summed E-state index contributed by atoms with van der Waals surface area (Å²) in [4.78, 5) is 11.4. The highest BCUT2D eigenvalue weighted by atomic mass is 35.5. The summed E-state index contributed by atoms with van der Waals surface area (Å²) >= 11 is 5.89. The van der Waals surface area contributed by atoms with Crippen LogP contribution < -0.4 is 9.64 Å². The molecule has 1 saturated heterocycles. The number of rotatable bonds is 6. The van der Waals surface area contributed by atoms with Crippen molar-refractivity contribution in [2.75, 3.05) is 24.6 Å². The molecule has 1 aliphatic heterocycles. The van der Waals surface area contributed by atoms with Crippen LogP contribution in [0.15, 0.2) is 36.4 Å². The number of benzene rings is 1. The third-order valence-electron chi connectivity index (χ3n) is 4.96. The Labute approximate surface area is 169 Å². The van der Waals surface area contributed by atoms with Crippen molar-refractivity contribution < 1.29 is 4.74 Å². The third kappa shape index (κ3) is 4.44. The van der Waals surface area contributed by atoms with Crippen molar-refractivity contribution in [3.63, 3.8) is 0 Å². The van der Waals surface area contributed by atoms with E-state index in [4.69, 9.17) is 16.3 Å². The lowest BCUT2D eigenvalue weighted by Crippen LogP contribution is -2.22. The first-order valence-corrected chi connectivity index (χ1v) is 9.94. The van der Waals surface area contributed by atoms with Crippen LogP contribution in [0.5, 0.6) is 5.75 Å². The molecule has 3 heterocycles. The highest BCUT2D eigenvalue weighted by Crippen LogP contribution is 2.28. The SMILES string of the molecule is Cc1cc(C)nc(N2CC[C@H](c3cc(CCOc4ccc(Cl)cc4)[nH]n3)C2)n1. The van der Waals surface area contributed by atoms with Gasteiger partial charge in [-0.25, -0.2) is 9.97 Å². The summed E-state index contributed by atoms with van der Waals surface area (Å²) in [6, 6.07) is 11.6. The van der Waals surface area contributed by atoms with Gasteiger partial charge in [0.25, 0.3) is 0 Å². The average Bonchev–Trinajstić information content (AvgIpc) is 3.32. The van der Waals surface area contributed by atoms with E-state index in [0.717, 1.165) is 60.4 Å². The molecule has 0 saturated carbocycles. The molecule has 4 rings (SSSR count). The molecule has 0 bridgehead atoms. The molecule has 7 heteroatoms. The van der Waals surface area contributed by atoms with E-state index in [1.54, 1.807) is 0 Å². The van der Waals surface area contributed by atoms with Gasteiger partial charge < -0.3 is 9.64 Å². The number of aryl methyl sites for hydroxylation is 2. The monoisotopic (exact) mass is 397 g/mol. The number of ether oxygens (including phenoxy) is 1. The van der Waals surface area contributed by atoms with Crippen molar-refractivity contribution in [1.29, 1.82) is 0 Å². The number of anilines is 1. The minimum atomic E-state index is 0.395. The van der Waals surface area contributed by atoms with Crippen molar-refractivity contribution in [2.24, 2.45) is 0 Å². The Hall–Kier alpha value is -2.60. The molecule has 28 heavy (non-hydrogen) atoms. The summed E-state index contributed by atoms with van der Waals surface area (Å²) in [5.41, 5.74) is 4.21. The predicted octanol–water partition coefficient (Wildman–Crippen LogP) is 4.09. The van der Waals surface area contributed by atoms with E-state index < -0.39 is 0 Å². The number of nitrogens with zero attached hydrogens (tertiary/aromatic N) is 4. The second kappa shape index (κ2) is 8.19. The van der Waals surface area contributed by atoms with Crippen LogP contribution in [0.1, 0.15) is 35.1 Å². The number of aromatic nitrogens is 4. The summed E-state index contributed by atoms with van der Waals surface area (Å²) in [6.45, 7) is 6.47. The summed E-state index contributed by atoms with van der Waals surface area (Å²) < 4.78 is 5.77. The van der Waals surface area contributed by atoms with E-state index in [9.17, 15) is 0 Å². The lowest BCUT2D eigenvalue weighted by molar-refractivity contribution is 0.320. The molecule has 0 unspecified atom stereocenters. The average molecular weight is 398 g/mol. The van der Waals surface area contributed by atoms with Crippen molar-refractivity contribution in [2.45, 2.75) is 32.6 Å². The Bertz CT molecular complexity index is 920. The van der Waals surface area contributed by atoms with E-state index in [1.165, 1.54) is 0 Å². The molecular formula is C21H24ClN5O. The minimum Gasteiger partial charge on any atom is -0.493 e. The molecule has 1 N–H and O–H groups in total. The van der Waals surface area contributed by atoms with Crippen LogP contribution in [0.2, 0.25) is 5.02 Å². The van der Waals surface area contributed by atoms with Gasteiger partial charge in [0.15, 0.2) is 0 Å². The second-order valence-electron chi connectivity index (χ2n) is 7.25. The van der Waals surface area contributed by atoms with E-state index in [2.05, 4.69) is 31.1 Å². The van der Waals surface area contributed by atoms with Gasteiger partial charge in [-0.2, -0.15) is 5.10 Å². The van der Waals surface area contributed by atoms with Crippen molar-refractivity contribution in [3.05, 3.63) is 64.2 Å². The largest absolute Gasteiger partial charge is 0.493 e. The first kappa shape index (κ1) is 18.7. The van der Waals surface area contributed by atoms with Crippen LogP contribution >= 0.6 is 11.6 Å². The van der Waals surface area contributed by atoms with Gasteiger partial charge in [-0.1, -0.05) is 11.6 Å². The number of H-pyrrole nitrogens is 1. The molecule has 6 nitrogen and oxygen atoms in total. The van der Waals surface area contributed by atoms with Gasteiger partial charge >= 0.3 is 0 Å². The molecule has 0 aliphatic carbocycles. The minimum absolute atomic E-state index is 0.395. The highest BCUT2D eigenvalue weighted by molar-refractivity contribution is 6.30. The quantitative estimate of drug-likeness (QED) is 0.678. The third-order valence-corrected chi connectivity index (χ3v) is 5.22. The van der Waals surface area contributed by atoms with Gasteiger partial charge in [-0.3, -0.25) is 5.10 Å². The molecule has 1 aromatic carbocycles. The molecule has 1 fully saturated rings. The van der Waals surface area contributed by atoms with Gasteiger partial charge in [0.05, 0.1) is 12.3 Å². The molecule has 1 atom stereocenters. The Morgan fingerprint density at radius 2 is 1.89 bits per heavy atom. The predicted molar refractivity (Wildman–Crippen MR) is 110 cm³/mol. The molecule has 2 aromatic heterocycles. The first-order valence-electron chi connectivity index (χ1n) is 9.56. The van der Waals surface area contributed by atoms with Crippen LogP contribution in [0.3, 0.4) is 0 Å². The van der Waals surface area contributed by atoms with E-state index in [0.29, 0.717) is 17.5 Å². The van der Waals surface area contributed by atoms with E-state index in [1.807, 2.05) is 44.2 Å². The number of halogens is 1. The zero-order valence-electron chi connectivity index (χ0n) is 16.2. The first-order chi connectivity index (χ1) is 13.6. The fourth-order valence-electron chi connectivity index (χ4n) is 3.56. The van der Waals surface area contributed by atoms with Crippen molar-refractivity contribution >= 4 is 17.5 Å². The molecule has 3 aromatic rings. The standard InChI is InChI=1S/C21H24ClN5O/c1-14-11-15(2)24-21(23-14)27-9-7-16(13-27)20-12-18(25-26-20)8-10-28-19-5-3-17(22)4-6-19/h3-6,11-12,16H,7-10,13H2,1-2H3,(H,25,26)/t16-/m0/s1. The van der Waals surface area contributed by atoms with Crippen molar-refractivity contribution in [1.82, 2.24) is 20.2 Å². The highest BCUT2D eigenvalue weighted by Gasteiger charge is 2.27. The molecule has 0 amide bonds. The second-order valence-corrected chi connectivity index (χ2v) is 7.69. The molecule has 0 radical (unpaired) electrons. The smallest absolute Gasteiger partial charge is 0.225 e. The van der Waals surface area contributed by atoms with Gasteiger partial charge in [-0.05, 0) is 56.7 Å². The van der Waals surface area contributed by atoms with Gasteiger partial charge in [0.2, 0.25) is 5.95 Å². The number of hydrogen-bond acceptors (Lipinski definition) is 5. The Morgan fingerprint density at radius 3 is 2.64 bits per heavy atom. The maximum Gasteiger partial charge on any atom is 0.225 e. The molecular weight excluding hydrogens is 374 g/mol. The number of aromatic amines is 1. The van der Waals surface area contributed by atoms with Gasteiger partial charge in [-0.15, -0.1) is 0 Å². The number of nitrogens with one attached hydrogen (secondary N) is 1. The zero-order valence-corrected chi connectivity index (χ0v) is 16.9. The lowest BCUT2D eigenvalue weighted by atomic mass is 10.0. The maximum atomic E-state index is 5.89. The van der Waals surface area contributed by atoms with Gasteiger partial charge in [0, 0.05) is 47.5 Å². The summed E-state index contributed by atoms with van der Waals surface area (Å²) in [6.07, 6.45) is 1.84. The Morgan fingerprint density at radius 1 is 1.14 bits per heavy atom. The summed E-state index contributed by atoms with van der Waals surface area (Å²) in [5.74, 6) is 2.04. The summed E-state index contributed by atoms with van der Waals surface area (Å²) in [5, 5.41) is 8.39. The van der Waals surface area contributed by atoms with Crippen LogP contribution in [0.4, 0.5) is 5.95 Å². The fourth-order valence-corrected chi connectivity index (χ4v) is 3.68. The lowest BCUT2D eigenvalue weighted by Gasteiger charge is -2.16. The van der Waals surface area contributed by atoms with Crippen molar-refractivity contribution in [3.8, 4) is 5.75 Å². The zero-order chi connectivity index (χ0) is 19.5. The fraction of sp³-hybridized carbons (Fsp3) is 0.381. The van der Waals surface area contributed by atoms with Gasteiger partial charge in [0.1, 0.15) is 5.75 Å². The van der Waals surface area contributed by atoms with Crippen LogP contribution in [0.25, 0.3) is 0 Å². The van der Waals surface area contributed by atoms with Crippen LogP contribution in [0, 0.1) is 13.8 Å². The topological polar surface area (TPSA) is 66.9 Å². The molecule has 146 valence electrons. The molecule has 1 aliphatic rings. The Kier molecular flexibility index (Phi) is 5.48. The van der Waals surface area contributed by atoms with E-state index in [-0.39, 0.29) is 0 Å². The van der Waals surface area contributed by atoms with Crippen LogP contribution in [-0.2, 0) is 6.42 Å². The number of hydrogen-bond donors (Lipinski definition) is 1. The maximum absolute atomic E-state index is 5.89. The normalized spacial score (nSPS) is 16.5.